The van der Waals surface area contributed by atoms with Gasteiger partial charge in [0.2, 0.25) is 0 Å². The van der Waals surface area contributed by atoms with Gasteiger partial charge in [-0.25, -0.2) is 8.42 Å². The highest BCUT2D eigenvalue weighted by Gasteiger charge is 2.17. The Bertz CT molecular complexity index is 448. The van der Waals surface area contributed by atoms with E-state index in [-0.39, 0.29) is 17.5 Å². The second kappa shape index (κ2) is 5.61. The van der Waals surface area contributed by atoms with Crippen molar-refractivity contribution in [1.82, 2.24) is 4.98 Å². The fraction of sp³-hybridized carbons (Fsp3) is 0.500. The molecule has 0 aliphatic rings. The van der Waals surface area contributed by atoms with E-state index < -0.39 is 9.84 Å². The largest absolute Gasteiger partial charge is 0.327 e. The number of sulfone groups is 1. The number of pyridine rings is 1. The van der Waals surface area contributed by atoms with Gasteiger partial charge in [-0.05, 0) is 18.1 Å². The molecule has 6 heteroatoms. The van der Waals surface area contributed by atoms with Gasteiger partial charge in [0, 0.05) is 18.4 Å². The number of rotatable bonds is 5. The molecular formula is C10H15ClN2O2S. The fourth-order valence-corrected chi connectivity index (χ4v) is 3.26. The molecule has 1 aromatic heterocycles. The van der Waals surface area contributed by atoms with Crippen molar-refractivity contribution in [3.8, 4) is 0 Å². The van der Waals surface area contributed by atoms with Crippen LogP contribution in [0.25, 0.3) is 0 Å². The van der Waals surface area contributed by atoms with Gasteiger partial charge in [-0.15, -0.1) is 0 Å². The van der Waals surface area contributed by atoms with Crippen molar-refractivity contribution in [3.63, 3.8) is 0 Å². The minimum absolute atomic E-state index is 0.0118. The summed E-state index contributed by atoms with van der Waals surface area (Å²) in [6.07, 6.45) is 3.60. The third-order valence-corrected chi connectivity index (χ3v) is 4.25. The summed E-state index contributed by atoms with van der Waals surface area (Å²) < 4.78 is 23.5. The molecule has 0 bridgehead atoms. The first-order valence-electron chi connectivity index (χ1n) is 4.99. The Morgan fingerprint density at radius 3 is 2.81 bits per heavy atom. The van der Waals surface area contributed by atoms with E-state index in [4.69, 9.17) is 17.3 Å². The van der Waals surface area contributed by atoms with Crippen LogP contribution in [0.15, 0.2) is 18.5 Å². The lowest BCUT2D eigenvalue weighted by Crippen LogP contribution is -2.29. The Hall–Kier alpha value is -0.650. The highest BCUT2D eigenvalue weighted by atomic mass is 35.5. The van der Waals surface area contributed by atoms with Crippen LogP contribution in [0.4, 0.5) is 0 Å². The van der Waals surface area contributed by atoms with Gasteiger partial charge in [-0.1, -0.05) is 18.5 Å². The quantitative estimate of drug-likeness (QED) is 0.870. The molecule has 90 valence electrons. The molecule has 0 saturated heterocycles. The molecule has 2 N–H and O–H groups in total. The Morgan fingerprint density at radius 1 is 1.56 bits per heavy atom. The minimum atomic E-state index is -3.21. The maximum absolute atomic E-state index is 11.8. The van der Waals surface area contributed by atoms with E-state index in [9.17, 15) is 8.42 Å². The van der Waals surface area contributed by atoms with Crippen LogP contribution in [0.5, 0.6) is 0 Å². The Labute approximate surface area is 101 Å². The van der Waals surface area contributed by atoms with Crippen LogP contribution >= 0.6 is 11.6 Å². The fourth-order valence-electron chi connectivity index (χ4n) is 1.26. The number of hydrogen-bond donors (Lipinski definition) is 1. The number of halogens is 1. The second-order valence-corrected chi connectivity index (χ2v) is 6.21. The van der Waals surface area contributed by atoms with Gasteiger partial charge in [-0.2, -0.15) is 0 Å². The van der Waals surface area contributed by atoms with Crippen LogP contribution < -0.4 is 5.73 Å². The van der Waals surface area contributed by atoms with Crippen LogP contribution in [0.3, 0.4) is 0 Å². The maximum Gasteiger partial charge on any atom is 0.156 e. The molecule has 0 spiro atoms. The topological polar surface area (TPSA) is 73.1 Å². The zero-order valence-electron chi connectivity index (χ0n) is 9.06. The van der Waals surface area contributed by atoms with Gasteiger partial charge < -0.3 is 5.73 Å². The summed E-state index contributed by atoms with van der Waals surface area (Å²) in [5, 5.41) is 0.371. The van der Waals surface area contributed by atoms with Crippen LogP contribution in [0.1, 0.15) is 18.9 Å². The Kier molecular flexibility index (Phi) is 4.70. The lowest BCUT2D eigenvalue weighted by atomic mass is 10.3. The summed E-state index contributed by atoms with van der Waals surface area (Å²) in [5.74, 6) is -0.0931. The summed E-state index contributed by atoms with van der Waals surface area (Å²) in [5.41, 5.74) is 6.20. The van der Waals surface area contributed by atoms with Crippen LogP contribution in [0, 0.1) is 0 Å². The smallest absolute Gasteiger partial charge is 0.156 e. The summed E-state index contributed by atoms with van der Waals surface area (Å²) in [4.78, 5) is 3.80. The van der Waals surface area contributed by atoms with Gasteiger partial charge in [-0.3, -0.25) is 4.98 Å². The molecule has 16 heavy (non-hydrogen) atoms. The van der Waals surface area contributed by atoms with Gasteiger partial charge >= 0.3 is 0 Å². The molecular weight excluding hydrogens is 248 g/mol. The van der Waals surface area contributed by atoms with Crippen LogP contribution in [-0.4, -0.2) is 25.2 Å². The van der Waals surface area contributed by atoms with Gasteiger partial charge in [0.25, 0.3) is 0 Å². The molecule has 0 aliphatic carbocycles. The molecule has 1 atom stereocenters. The minimum Gasteiger partial charge on any atom is -0.327 e. The molecule has 0 amide bonds. The first-order valence-corrected chi connectivity index (χ1v) is 7.19. The van der Waals surface area contributed by atoms with E-state index >= 15 is 0 Å². The molecule has 0 saturated carbocycles. The predicted octanol–water partition coefficient (Wildman–Crippen LogP) is 1.39. The molecule has 1 heterocycles. The maximum atomic E-state index is 11.8. The first-order chi connectivity index (χ1) is 7.44. The Balaban J connectivity index is 2.77. The Morgan fingerprint density at radius 2 is 2.25 bits per heavy atom. The van der Waals surface area contributed by atoms with Gasteiger partial charge in [0.05, 0.1) is 16.5 Å². The molecule has 0 fully saturated rings. The summed E-state index contributed by atoms with van der Waals surface area (Å²) >= 11 is 5.84. The van der Waals surface area contributed by atoms with Crippen LogP contribution in [-0.2, 0) is 15.6 Å². The monoisotopic (exact) mass is 262 g/mol. The summed E-state index contributed by atoms with van der Waals surface area (Å²) in [6, 6.07) is 1.29. The van der Waals surface area contributed by atoms with Crippen molar-refractivity contribution < 1.29 is 8.42 Å². The summed E-state index contributed by atoms with van der Waals surface area (Å²) in [6.45, 7) is 1.86. The summed E-state index contributed by atoms with van der Waals surface area (Å²) in [7, 11) is -3.21. The van der Waals surface area contributed by atoms with Gasteiger partial charge in [0.15, 0.2) is 9.84 Å². The van der Waals surface area contributed by atoms with E-state index in [0.717, 1.165) is 0 Å². The van der Waals surface area contributed by atoms with Crippen molar-refractivity contribution >= 4 is 21.4 Å². The highest BCUT2D eigenvalue weighted by molar-refractivity contribution is 7.90. The lowest BCUT2D eigenvalue weighted by molar-refractivity contribution is 0.583. The van der Waals surface area contributed by atoms with E-state index in [1.165, 1.54) is 12.4 Å². The molecule has 4 nitrogen and oxygen atoms in total. The van der Waals surface area contributed by atoms with Crippen molar-refractivity contribution in [2.75, 3.05) is 5.75 Å². The van der Waals surface area contributed by atoms with Crippen molar-refractivity contribution in [3.05, 3.63) is 29.0 Å². The zero-order valence-corrected chi connectivity index (χ0v) is 10.6. The van der Waals surface area contributed by atoms with Crippen molar-refractivity contribution in [2.45, 2.75) is 25.1 Å². The average Bonchev–Trinajstić information content (AvgIpc) is 2.20. The normalized spacial score (nSPS) is 13.7. The number of aromatic nitrogens is 1. The van der Waals surface area contributed by atoms with E-state index in [2.05, 4.69) is 4.98 Å². The first kappa shape index (κ1) is 13.4. The molecule has 0 aromatic carbocycles. The molecule has 1 rings (SSSR count). The SMILES string of the molecule is CCC(N)CS(=O)(=O)Cc1ccncc1Cl. The highest BCUT2D eigenvalue weighted by Crippen LogP contribution is 2.17. The second-order valence-electron chi connectivity index (χ2n) is 3.69. The van der Waals surface area contributed by atoms with E-state index in [0.29, 0.717) is 17.0 Å². The number of nitrogens with two attached hydrogens (primary N) is 1. The van der Waals surface area contributed by atoms with E-state index in [1.54, 1.807) is 6.07 Å². The molecule has 1 aromatic rings. The van der Waals surface area contributed by atoms with Crippen LogP contribution in [0.2, 0.25) is 5.02 Å². The molecule has 0 radical (unpaired) electrons. The number of nitrogens with zero attached hydrogens (tertiary/aromatic N) is 1. The standard InChI is InChI=1S/C10H15ClN2O2S/c1-2-9(12)7-16(14,15)6-8-3-4-13-5-10(8)11/h3-5,9H,2,6-7,12H2,1H3. The zero-order chi connectivity index (χ0) is 12.2. The third-order valence-electron chi connectivity index (χ3n) is 2.22. The number of hydrogen-bond acceptors (Lipinski definition) is 4. The average molecular weight is 263 g/mol. The van der Waals surface area contributed by atoms with Crippen molar-refractivity contribution in [1.29, 1.82) is 0 Å². The van der Waals surface area contributed by atoms with Gasteiger partial charge in [0.1, 0.15) is 0 Å². The third kappa shape index (κ3) is 4.08. The molecule has 1 unspecified atom stereocenters. The van der Waals surface area contributed by atoms with E-state index in [1.807, 2.05) is 6.92 Å². The van der Waals surface area contributed by atoms with Crippen molar-refractivity contribution in [2.24, 2.45) is 5.73 Å². The molecule has 0 aliphatic heterocycles. The lowest BCUT2D eigenvalue weighted by Gasteiger charge is -2.10. The predicted molar refractivity (Wildman–Crippen MR) is 65.0 cm³/mol.